The maximum Gasteiger partial charge on any atom is 0.320 e. The average Bonchev–Trinajstić information content (AvgIpc) is 2.28. The quantitative estimate of drug-likeness (QED) is 0.879. The zero-order valence-corrected chi connectivity index (χ0v) is 11.1. The van der Waals surface area contributed by atoms with Crippen LogP contribution in [0.3, 0.4) is 0 Å². The van der Waals surface area contributed by atoms with E-state index in [0.717, 1.165) is 11.3 Å². The molecule has 6 heteroatoms. The largest absolute Gasteiger partial charge is 0.480 e. The maximum atomic E-state index is 10.9. The molecule has 0 aromatic heterocycles. The van der Waals surface area contributed by atoms with Gasteiger partial charge in [0.05, 0.1) is 5.37 Å². The topological polar surface area (TPSA) is 49.3 Å². The van der Waals surface area contributed by atoms with Crippen LogP contribution in [-0.4, -0.2) is 22.9 Å². The molecule has 0 aliphatic carbocycles. The van der Waals surface area contributed by atoms with Crippen molar-refractivity contribution in [3.05, 3.63) is 33.8 Å². The van der Waals surface area contributed by atoms with E-state index in [-0.39, 0.29) is 5.37 Å². The lowest BCUT2D eigenvalue weighted by molar-refractivity contribution is -0.139. The predicted octanol–water partition coefficient (Wildman–Crippen LogP) is 3.17. The number of carboxylic acid groups (broad SMARTS) is 1. The van der Waals surface area contributed by atoms with Crippen molar-refractivity contribution < 1.29 is 9.90 Å². The molecule has 2 rings (SSSR count). The summed E-state index contributed by atoms with van der Waals surface area (Å²) in [6, 6.07) is 4.78. The number of carboxylic acids is 1. The van der Waals surface area contributed by atoms with E-state index in [0.29, 0.717) is 16.5 Å². The Morgan fingerprint density at radius 1 is 1.35 bits per heavy atom. The van der Waals surface area contributed by atoms with E-state index in [9.17, 15) is 4.79 Å². The standard InChI is InChI=1S/C11H11Cl2NO2S/c12-7-3-6(4-8(13)5-7)10-14-9(11(15)16)1-2-17-10/h3-5,9-10,14H,1-2H2,(H,15,16). The summed E-state index contributed by atoms with van der Waals surface area (Å²) in [7, 11) is 0. The highest BCUT2D eigenvalue weighted by Crippen LogP contribution is 2.34. The second kappa shape index (κ2) is 5.48. The molecule has 1 aromatic rings. The van der Waals surface area contributed by atoms with E-state index in [4.69, 9.17) is 28.3 Å². The summed E-state index contributed by atoms with van der Waals surface area (Å²) in [4.78, 5) is 10.9. The van der Waals surface area contributed by atoms with Crippen LogP contribution in [0.5, 0.6) is 0 Å². The number of benzene rings is 1. The van der Waals surface area contributed by atoms with Crippen LogP contribution in [0.4, 0.5) is 0 Å². The van der Waals surface area contributed by atoms with Crippen LogP contribution in [0.15, 0.2) is 18.2 Å². The fraction of sp³-hybridized carbons (Fsp3) is 0.364. The van der Waals surface area contributed by atoms with E-state index in [1.807, 2.05) is 12.1 Å². The Morgan fingerprint density at radius 2 is 2.00 bits per heavy atom. The van der Waals surface area contributed by atoms with Crippen molar-refractivity contribution >= 4 is 40.9 Å². The molecule has 1 saturated heterocycles. The second-order valence-corrected chi connectivity index (χ2v) is 5.89. The third kappa shape index (κ3) is 3.28. The number of thioether (sulfide) groups is 1. The summed E-state index contributed by atoms with van der Waals surface area (Å²) in [5.74, 6) is -0.0119. The van der Waals surface area contributed by atoms with E-state index in [1.165, 1.54) is 0 Å². The molecule has 3 nitrogen and oxygen atoms in total. The van der Waals surface area contributed by atoms with Gasteiger partial charge in [0.25, 0.3) is 0 Å². The van der Waals surface area contributed by atoms with Crippen molar-refractivity contribution in [3.8, 4) is 0 Å². The van der Waals surface area contributed by atoms with Crippen molar-refractivity contribution in [1.29, 1.82) is 0 Å². The van der Waals surface area contributed by atoms with Crippen LogP contribution in [0.1, 0.15) is 17.4 Å². The van der Waals surface area contributed by atoms with Gasteiger partial charge in [0.15, 0.2) is 0 Å². The fourth-order valence-electron chi connectivity index (χ4n) is 1.73. The number of nitrogens with one attached hydrogen (secondary N) is 1. The zero-order valence-electron chi connectivity index (χ0n) is 8.82. The first-order valence-corrected chi connectivity index (χ1v) is 6.93. The smallest absolute Gasteiger partial charge is 0.320 e. The first-order chi connectivity index (χ1) is 8.06. The lowest BCUT2D eigenvalue weighted by Gasteiger charge is -2.28. The van der Waals surface area contributed by atoms with E-state index in [2.05, 4.69) is 5.32 Å². The lowest BCUT2D eigenvalue weighted by Crippen LogP contribution is -2.41. The van der Waals surface area contributed by atoms with Gasteiger partial charge in [-0.1, -0.05) is 23.2 Å². The van der Waals surface area contributed by atoms with Gasteiger partial charge in [-0.15, -0.1) is 11.8 Å². The normalized spacial score (nSPS) is 24.6. The summed E-state index contributed by atoms with van der Waals surface area (Å²) in [5, 5.41) is 13.1. The minimum Gasteiger partial charge on any atom is -0.480 e. The number of aliphatic carboxylic acids is 1. The zero-order chi connectivity index (χ0) is 12.4. The highest BCUT2D eigenvalue weighted by molar-refractivity contribution is 7.99. The molecule has 1 aromatic carbocycles. The van der Waals surface area contributed by atoms with Gasteiger partial charge < -0.3 is 5.11 Å². The molecular formula is C11H11Cl2NO2S. The monoisotopic (exact) mass is 291 g/mol. The number of rotatable bonds is 2. The molecule has 1 aliphatic heterocycles. The summed E-state index contributed by atoms with van der Waals surface area (Å²) >= 11 is 13.5. The fourth-order valence-corrected chi connectivity index (χ4v) is 3.47. The highest BCUT2D eigenvalue weighted by Gasteiger charge is 2.27. The van der Waals surface area contributed by atoms with E-state index >= 15 is 0 Å². The first-order valence-electron chi connectivity index (χ1n) is 5.13. The van der Waals surface area contributed by atoms with Gasteiger partial charge in [0.2, 0.25) is 0 Å². The van der Waals surface area contributed by atoms with Crippen LogP contribution in [-0.2, 0) is 4.79 Å². The molecule has 2 N–H and O–H groups in total. The molecular weight excluding hydrogens is 281 g/mol. The van der Waals surface area contributed by atoms with Gasteiger partial charge >= 0.3 is 5.97 Å². The molecule has 0 amide bonds. The number of carbonyl (C=O) groups is 1. The molecule has 2 atom stereocenters. The number of halogens is 2. The molecule has 0 saturated carbocycles. The third-order valence-corrected chi connectivity index (χ3v) is 4.18. The summed E-state index contributed by atoms with van der Waals surface area (Å²) in [6.07, 6.45) is 0.630. The van der Waals surface area contributed by atoms with Crippen molar-refractivity contribution in [2.75, 3.05) is 5.75 Å². The van der Waals surface area contributed by atoms with Crippen LogP contribution in [0, 0.1) is 0 Å². The lowest BCUT2D eigenvalue weighted by atomic mass is 10.1. The summed E-state index contributed by atoms with van der Waals surface area (Å²) in [6.45, 7) is 0. The van der Waals surface area contributed by atoms with Gasteiger partial charge in [-0.05, 0) is 35.9 Å². The molecule has 2 unspecified atom stereocenters. The molecule has 0 bridgehead atoms. The Labute approximate surface area is 113 Å². The Hall–Kier alpha value is -0.420. The van der Waals surface area contributed by atoms with Gasteiger partial charge in [-0.3, -0.25) is 10.1 Å². The van der Waals surface area contributed by atoms with Crippen molar-refractivity contribution in [2.24, 2.45) is 0 Å². The number of hydrogen-bond donors (Lipinski definition) is 2. The third-order valence-electron chi connectivity index (χ3n) is 2.53. The van der Waals surface area contributed by atoms with Crippen LogP contribution >= 0.6 is 35.0 Å². The Morgan fingerprint density at radius 3 is 2.59 bits per heavy atom. The minimum atomic E-state index is -0.816. The van der Waals surface area contributed by atoms with Crippen molar-refractivity contribution in [2.45, 2.75) is 17.8 Å². The van der Waals surface area contributed by atoms with Gasteiger partial charge in [-0.25, -0.2) is 0 Å². The Bertz CT molecular complexity index is 421. The highest BCUT2D eigenvalue weighted by atomic mass is 35.5. The molecule has 0 spiro atoms. The number of hydrogen-bond acceptors (Lipinski definition) is 3. The molecule has 1 heterocycles. The maximum absolute atomic E-state index is 10.9. The van der Waals surface area contributed by atoms with Crippen LogP contribution < -0.4 is 5.32 Å². The predicted molar refractivity (Wildman–Crippen MR) is 70.8 cm³/mol. The van der Waals surface area contributed by atoms with E-state index in [1.54, 1.807) is 17.8 Å². The van der Waals surface area contributed by atoms with Crippen molar-refractivity contribution in [3.63, 3.8) is 0 Å². The van der Waals surface area contributed by atoms with Gasteiger partial charge in [0, 0.05) is 10.0 Å². The minimum absolute atomic E-state index is 0.0685. The second-order valence-electron chi connectivity index (χ2n) is 3.80. The van der Waals surface area contributed by atoms with Crippen LogP contribution in [0.25, 0.3) is 0 Å². The van der Waals surface area contributed by atoms with Crippen molar-refractivity contribution in [1.82, 2.24) is 5.32 Å². The van der Waals surface area contributed by atoms with E-state index < -0.39 is 12.0 Å². The Balaban J connectivity index is 2.18. The molecule has 17 heavy (non-hydrogen) atoms. The molecule has 1 aliphatic rings. The molecule has 92 valence electrons. The summed E-state index contributed by atoms with van der Waals surface area (Å²) < 4.78 is 0. The van der Waals surface area contributed by atoms with Crippen LogP contribution in [0.2, 0.25) is 10.0 Å². The molecule has 1 fully saturated rings. The average molecular weight is 292 g/mol. The molecule has 0 radical (unpaired) electrons. The Kier molecular flexibility index (Phi) is 4.20. The summed E-state index contributed by atoms with van der Waals surface area (Å²) in [5.41, 5.74) is 0.915. The van der Waals surface area contributed by atoms with Gasteiger partial charge in [-0.2, -0.15) is 0 Å². The first kappa shape index (κ1) is 13.0. The van der Waals surface area contributed by atoms with Gasteiger partial charge in [0.1, 0.15) is 6.04 Å². The SMILES string of the molecule is O=C(O)C1CCSC(c2cc(Cl)cc(Cl)c2)N1.